The van der Waals surface area contributed by atoms with Gasteiger partial charge < -0.3 is 5.32 Å². The molecule has 0 aromatic heterocycles. The van der Waals surface area contributed by atoms with Crippen molar-refractivity contribution in [3.05, 3.63) is 235 Å². The number of nitrogens with zero attached hydrogens (tertiary/aromatic N) is 1. The van der Waals surface area contributed by atoms with Gasteiger partial charge in [0.25, 0.3) is 0 Å². The van der Waals surface area contributed by atoms with Gasteiger partial charge in [0.15, 0.2) is 11.1 Å². The molecule has 0 radical (unpaired) electrons. The summed E-state index contributed by atoms with van der Waals surface area (Å²) < 4.78 is 6.27. The van der Waals surface area contributed by atoms with Crippen LogP contribution in [0.15, 0.2) is 222 Å². The van der Waals surface area contributed by atoms with E-state index in [-0.39, 0.29) is 52.4 Å². The maximum absolute atomic E-state index is 6.39. The molecule has 54 heavy (non-hydrogen) atoms. The van der Waals surface area contributed by atoms with E-state index in [2.05, 4.69) is 150 Å². The van der Waals surface area contributed by atoms with Gasteiger partial charge >= 0.3 is 0 Å². The van der Waals surface area contributed by atoms with E-state index in [9.17, 15) is 0 Å². The van der Waals surface area contributed by atoms with E-state index in [1.807, 2.05) is 85.0 Å². The molecule has 1 N–H and O–H groups in total. The van der Waals surface area contributed by atoms with Crippen LogP contribution < -0.4 is 31.9 Å². The second kappa shape index (κ2) is 20.1. The number of rotatable bonds is 9. The molecular formula is C47H35N2P2SZr2+. The van der Waals surface area contributed by atoms with E-state index in [4.69, 9.17) is 17.0 Å². The Balaban J connectivity index is 0.00000280. The van der Waals surface area contributed by atoms with Gasteiger partial charge in [-0.1, -0.05) is 145 Å². The molecule has 2 aliphatic carbocycles. The van der Waals surface area contributed by atoms with Crippen molar-refractivity contribution in [1.82, 2.24) is 0 Å². The van der Waals surface area contributed by atoms with Crippen LogP contribution in [0, 0.1) is 12.2 Å². The molecule has 0 unspecified atom stereocenters. The Morgan fingerprint density at radius 1 is 0.593 bits per heavy atom. The number of thiocarbonyl (C=S) groups is 1. The minimum Gasteiger partial charge on any atom is -0.398 e. The summed E-state index contributed by atoms with van der Waals surface area (Å²) in [6.45, 7) is -2.53. The van der Waals surface area contributed by atoms with Gasteiger partial charge in [-0.2, -0.15) is 0 Å². The third kappa shape index (κ3) is 9.61. The van der Waals surface area contributed by atoms with Gasteiger partial charge in [-0.15, -0.1) is 24.3 Å². The Hall–Kier alpha value is -4.02. The largest absolute Gasteiger partial charge is 0.398 e. The van der Waals surface area contributed by atoms with Gasteiger partial charge in [0.1, 0.15) is 11.8 Å². The van der Waals surface area contributed by atoms with Crippen molar-refractivity contribution in [3.63, 3.8) is 0 Å². The zero-order chi connectivity index (χ0) is 35.5. The fourth-order valence-corrected chi connectivity index (χ4v) is 12.8. The Bertz CT molecular complexity index is 2420. The molecule has 5 aromatic rings. The zero-order valence-corrected chi connectivity index (χ0v) is 36.9. The van der Waals surface area contributed by atoms with E-state index in [0.29, 0.717) is 4.73 Å². The molecule has 256 valence electrons. The number of hydrogen-bond acceptors (Lipinski definition) is 2. The molecule has 0 heterocycles. The van der Waals surface area contributed by atoms with Gasteiger partial charge in [-0.05, 0) is 21.4 Å². The molecule has 7 heteroatoms. The van der Waals surface area contributed by atoms with Crippen molar-refractivity contribution in [2.75, 3.05) is 5.32 Å². The van der Waals surface area contributed by atoms with E-state index in [1.165, 1.54) is 0 Å². The summed E-state index contributed by atoms with van der Waals surface area (Å²) in [4.78, 5) is 0. The van der Waals surface area contributed by atoms with E-state index in [0.717, 1.165) is 43.4 Å². The molecule has 5 aromatic carbocycles. The summed E-state index contributed by atoms with van der Waals surface area (Å²) in [6.07, 6.45) is 26.6. The monoisotopic (exact) mass is 901 g/mol. The summed E-state index contributed by atoms with van der Waals surface area (Å²) in [5.74, 6) is 0. The fourth-order valence-electron chi connectivity index (χ4n) is 5.94. The summed E-state index contributed by atoms with van der Waals surface area (Å²) in [7, 11) is -2.53. The predicted molar refractivity (Wildman–Crippen MR) is 231 cm³/mol. The van der Waals surface area contributed by atoms with Crippen LogP contribution in [0.3, 0.4) is 0 Å². The number of anilines is 1. The summed E-state index contributed by atoms with van der Waals surface area (Å²) in [5, 5.41) is 8.98. The minimum absolute atomic E-state index is 0. The first-order valence-electron chi connectivity index (χ1n) is 17.0. The fraction of sp³-hybridized carbons (Fsp3) is 0. The molecule has 2 aliphatic rings. The molecule has 0 fully saturated rings. The molecule has 0 spiro atoms. The van der Waals surface area contributed by atoms with Crippen molar-refractivity contribution >= 4 is 68.7 Å². The van der Waals surface area contributed by atoms with E-state index < -0.39 is 13.9 Å². The third-order valence-electron chi connectivity index (χ3n) is 8.52. The van der Waals surface area contributed by atoms with E-state index in [1.54, 1.807) is 0 Å². The number of allylic oxidation sites excluding steroid dienone is 14. The molecule has 2 nitrogen and oxygen atoms in total. The second-order valence-electron chi connectivity index (χ2n) is 11.9. The van der Waals surface area contributed by atoms with Gasteiger partial charge in [0.05, 0.1) is 31.2 Å². The van der Waals surface area contributed by atoms with Crippen LogP contribution >= 0.6 is 26.1 Å². The number of benzene rings is 5. The van der Waals surface area contributed by atoms with Crippen LogP contribution in [0.5, 0.6) is 0 Å². The zero-order valence-electron chi connectivity index (χ0n) is 29.4. The standard InChI is InChI=1S/C47H34N2P2S.2Zr/c52-47(50(43-23-11-3-12-24-43,44-25-13-4-14-26-44)37-35-39-19-7-1-8-20-39)48-41-31-33-42(34-32-41)49-51(45-27-15-5-16-28-45,46-29-17-6-18-30-46)38-36-40-21-9-2-10-22-40;;/h1-19,21,23-36H;;/p+1. The van der Waals surface area contributed by atoms with Gasteiger partial charge in [0, 0.05) is 112 Å². The second-order valence-corrected chi connectivity index (χ2v) is 18.5. The minimum atomic E-state index is -2.53. The maximum atomic E-state index is 6.39. The van der Waals surface area contributed by atoms with Crippen LogP contribution in [0.4, 0.5) is 5.69 Å². The molecule has 0 atom stereocenters. The summed E-state index contributed by atoms with van der Waals surface area (Å²) in [6, 6.07) is 50.2. The van der Waals surface area contributed by atoms with Crippen molar-refractivity contribution in [2.24, 2.45) is 4.76 Å². The molecule has 0 saturated heterocycles. The first kappa shape index (κ1) is 41.1. The van der Waals surface area contributed by atoms with Crippen LogP contribution in [0.2, 0.25) is 0 Å². The van der Waals surface area contributed by atoms with Gasteiger partial charge in [-0.25, -0.2) is 0 Å². The maximum Gasteiger partial charge on any atom is 0.155 e. The molecule has 7 rings (SSSR count). The first-order valence-corrected chi connectivity index (χ1v) is 20.9. The van der Waals surface area contributed by atoms with Crippen LogP contribution in [0.25, 0.3) is 0 Å². The van der Waals surface area contributed by atoms with Crippen LogP contribution in [-0.4, -0.2) is 15.6 Å². The number of hydrogen-bond donors (Lipinski definition) is 1. The normalized spacial score (nSPS) is 12.4. The average Bonchev–Trinajstić information content (AvgIpc) is 3.22. The number of nitrogens with one attached hydrogen (secondary N) is 1. The summed E-state index contributed by atoms with van der Waals surface area (Å²) >= 11 is 6.39. The predicted octanol–water partition coefficient (Wildman–Crippen LogP) is 8.88. The van der Waals surface area contributed by atoms with Gasteiger partial charge in [-0.3, -0.25) is 4.76 Å². The molecule has 0 saturated carbocycles. The quantitative estimate of drug-likeness (QED) is 0.0909. The summed E-state index contributed by atoms with van der Waals surface area (Å²) in [5.41, 5.74) is 10.4. The van der Waals surface area contributed by atoms with Crippen LogP contribution in [0.1, 0.15) is 0 Å². The van der Waals surface area contributed by atoms with Crippen molar-refractivity contribution < 1.29 is 52.4 Å². The Morgan fingerprint density at radius 3 is 1.48 bits per heavy atom. The van der Waals surface area contributed by atoms with Crippen molar-refractivity contribution in [1.29, 1.82) is 0 Å². The van der Waals surface area contributed by atoms with Crippen molar-refractivity contribution in [2.45, 2.75) is 0 Å². The van der Waals surface area contributed by atoms with Gasteiger partial charge in [0.2, 0.25) is 0 Å². The van der Waals surface area contributed by atoms with E-state index >= 15 is 0 Å². The molecular weight excluding hydrogens is 869 g/mol. The Kier molecular flexibility index (Phi) is 15.3. The molecule has 0 amide bonds. The topological polar surface area (TPSA) is 24.4 Å². The average molecular weight is 904 g/mol. The Labute approximate surface area is 362 Å². The molecule has 0 bridgehead atoms. The van der Waals surface area contributed by atoms with Crippen molar-refractivity contribution in [3.8, 4) is 0 Å². The van der Waals surface area contributed by atoms with Crippen LogP contribution in [-0.2, 0) is 52.4 Å². The Morgan fingerprint density at radius 2 is 1.06 bits per heavy atom. The smallest absolute Gasteiger partial charge is 0.155 e. The third-order valence-corrected chi connectivity index (χ3v) is 16.0. The first-order chi connectivity index (χ1) is 25.7. The molecule has 0 aliphatic heterocycles. The SMILES string of the molecule is S=C(Nc1ccc(=NP(=C=CC2=CC=CC=[C+]2)(c2ccccc2)c2ccccc2)[cH-]c1)P(=C=CC1=CC=CC=[C+]1)(c1ccccc1)c1ccccc1.[Zr].[Zr].